The summed E-state index contributed by atoms with van der Waals surface area (Å²) in [4.78, 5) is 14.8. The highest BCUT2D eigenvalue weighted by molar-refractivity contribution is 5.40. The molecule has 6 nitrogen and oxygen atoms in total. The zero-order valence-corrected chi connectivity index (χ0v) is 11.3. The lowest BCUT2D eigenvalue weighted by Gasteiger charge is -2.09. The average molecular weight is 290 g/mol. The van der Waals surface area contributed by atoms with E-state index in [9.17, 15) is 14.5 Å². The first-order chi connectivity index (χ1) is 10.1. The third-order valence-electron chi connectivity index (χ3n) is 3.51. The Labute approximate surface area is 120 Å². The van der Waals surface area contributed by atoms with E-state index in [-0.39, 0.29) is 12.2 Å². The van der Waals surface area contributed by atoms with Crippen molar-refractivity contribution in [1.29, 1.82) is 0 Å². The molecule has 0 atom stereocenters. The van der Waals surface area contributed by atoms with Crippen molar-refractivity contribution in [1.82, 2.24) is 14.9 Å². The summed E-state index contributed by atoms with van der Waals surface area (Å²) < 4.78 is 15.1. The van der Waals surface area contributed by atoms with Gasteiger partial charge in [0.05, 0.1) is 23.6 Å². The predicted octanol–water partition coefficient (Wildman–Crippen LogP) is 2.23. The molecule has 1 heterocycles. The van der Waals surface area contributed by atoms with E-state index in [0.717, 1.165) is 11.9 Å². The van der Waals surface area contributed by atoms with Gasteiger partial charge in [0.25, 0.3) is 5.69 Å². The lowest BCUT2D eigenvalue weighted by molar-refractivity contribution is -0.385. The van der Waals surface area contributed by atoms with E-state index in [1.54, 1.807) is 17.0 Å². The minimum absolute atomic E-state index is 0.0776. The minimum Gasteiger partial charge on any atom is -0.329 e. The van der Waals surface area contributed by atoms with Crippen molar-refractivity contribution in [3.05, 3.63) is 57.9 Å². The number of hydrogen-bond donors (Lipinski definition) is 1. The standard InChI is InChI=1S/C14H15FN4O2/c15-11-1-4-13(19(20)21)10(7-11)9-18-6-5-16-14(18)8-17-12-2-3-12/h1,4-7,12,17H,2-3,8-9H2. The highest BCUT2D eigenvalue weighted by atomic mass is 19.1. The molecule has 1 aliphatic rings. The largest absolute Gasteiger partial charge is 0.329 e. The van der Waals surface area contributed by atoms with Gasteiger partial charge in [-0.2, -0.15) is 0 Å². The molecule has 2 aromatic rings. The third-order valence-corrected chi connectivity index (χ3v) is 3.51. The molecule has 0 radical (unpaired) electrons. The van der Waals surface area contributed by atoms with Crippen LogP contribution in [0.1, 0.15) is 24.2 Å². The topological polar surface area (TPSA) is 73.0 Å². The van der Waals surface area contributed by atoms with Crippen molar-refractivity contribution >= 4 is 5.69 Å². The molecule has 3 rings (SSSR count). The van der Waals surface area contributed by atoms with Gasteiger partial charge in [-0.15, -0.1) is 0 Å². The first-order valence-electron chi connectivity index (χ1n) is 6.79. The molecule has 1 saturated carbocycles. The van der Waals surface area contributed by atoms with Gasteiger partial charge in [0.2, 0.25) is 0 Å². The van der Waals surface area contributed by atoms with E-state index in [2.05, 4.69) is 10.3 Å². The summed E-state index contributed by atoms with van der Waals surface area (Å²) in [5.41, 5.74) is 0.261. The average Bonchev–Trinajstić information content (AvgIpc) is 3.17. The molecule has 1 N–H and O–H groups in total. The highest BCUT2D eigenvalue weighted by Gasteiger charge is 2.21. The maximum atomic E-state index is 13.3. The SMILES string of the molecule is O=[N+]([O-])c1ccc(F)cc1Cn1ccnc1CNC1CC1. The van der Waals surface area contributed by atoms with Crippen molar-refractivity contribution in [2.75, 3.05) is 0 Å². The molecular formula is C14H15FN4O2. The molecule has 1 aliphatic carbocycles. The second-order valence-corrected chi connectivity index (χ2v) is 5.16. The molecule has 0 saturated heterocycles. The van der Waals surface area contributed by atoms with E-state index in [4.69, 9.17) is 0 Å². The molecule has 0 aliphatic heterocycles. The fourth-order valence-corrected chi connectivity index (χ4v) is 2.22. The third kappa shape index (κ3) is 3.25. The number of nitrogens with one attached hydrogen (secondary N) is 1. The van der Waals surface area contributed by atoms with E-state index in [1.807, 2.05) is 0 Å². The Hall–Kier alpha value is -2.28. The molecule has 1 fully saturated rings. The number of nitro groups is 1. The molecular weight excluding hydrogens is 275 g/mol. The van der Waals surface area contributed by atoms with E-state index < -0.39 is 10.7 Å². The van der Waals surface area contributed by atoms with Crippen molar-refractivity contribution in [2.24, 2.45) is 0 Å². The molecule has 0 spiro atoms. The fraction of sp³-hybridized carbons (Fsp3) is 0.357. The zero-order valence-electron chi connectivity index (χ0n) is 11.3. The Morgan fingerprint density at radius 1 is 1.48 bits per heavy atom. The van der Waals surface area contributed by atoms with Gasteiger partial charge < -0.3 is 9.88 Å². The molecule has 0 unspecified atom stereocenters. The minimum atomic E-state index is -0.492. The van der Waals surface area contributed by atoms with Gasteiger partial charge in [0, 0.05) is 24.5 Å². The summed E-state index contributed by atoms with van der Waals surface area (Å²) in [6, 6.07) is 4.06. The molecule has 1 aromatic heterocycles. The maximum Gasteiger partial charge on any atom is 0.274 e. The summed E-state index contributed by atoms with van der Waals surface area (Å²) in [7, 11) is 0. The first-order valence-corrected chi connectivity index (χ1v) is 6.79. The Kier molecular flexibility index (Phi) is 3.66. The Bertz CT molecular complexity index is 667. The quantitative estimate of drug-likeness (QED) is 0.654. The van der Waals surface area contributed by atoms with E-state index >= 15 is 0 Å². The van der Waals surface area contributed by atoms with Crippen LogP contribution in [0.3, 0.4) is 0 Å². The van der Waals surface area contributed by atoms with Gasteiger partial charge in [-0.3, -0.25) is 10.1 Å². The van der Waals surface area contributed by atoms with Crippen LogP contribution in [-0.2, 0) is 13.1 Å². The van der Waals surface area contributed by atoms with Crippen LogP contribution >= 0.6 is 0 Å². The van der Waals surface area contributed by atoms with E-state index in [1.165, 1.54) is 25.0 Å². The van der Waals surface area contributed by atoms with Crippen LogP contribution in [0.25, 0.3) is 0 Å². The van der Waals surface area contributed by atoms with Gasteiger partial charge in [-0.25, -0.2) is 9.37 Å². The van der Waals surface area contributed by atoms with Crippen molar-refractivity contribution in [3.8, 4) is 0 Å². The number of nitro benzene ring substituents is 1. The monoisotopic (exact) mass is 290 g/mol. The number of aromatic nitrogens is 2. The van der Waals surface area contributed by atoms with Crippen molar-refractivity contribution in [2.45, 2.75) is 32.0 Å². The lowest BCUT2D eigenvalue weighted by Crippen LogP contribution is -2.19. The van der Waals surface area contributed by atoms with Gasteiger partial charge in [0.15, 0.2) is 0 Å². The summed E-state index contributed by atoms with van der Waals surface area (Å²) in [5.74, 6) is 0.314. The molecule has 21 heavy (non-hydrogen) atoms. The second kappa shape index (κ2) is 5.61. The predicted molar refractivity (Wildman–Crippen MR) is 74.2 cm³/mol. The van der Waals surface area contributed by atoms with Crippen LogP contribution < -0.4 is 5.32 Å². The summed E-state index contributed by atoms with van der Waals surface area (Å²) in [6.07, 6.45) is 5.75. The van der Waals surface area contributed by atoms with Crippen LogP contribution in [0.4, 0.5) is 10.1 Å². The number of halogens is 1. The molecule has 0 bridgehead atoms. The van der Waals surface area contributed by atoms with Gasteiger partial charge in [-0.1, -0.05) is 0 Å². The Morgan fingerprint density at radius 2 is 2.29 bits per heavy atom. The van der Waals surface area contributed by atoms with Crippen LogP contribution in [-0.4, -0.2) is 20.5 Å². The van der Waals surface area contributed by atoms with Gasteiger partial charge in [0.1, 0.15) is 11.6 Å². The number of benzene rings is 1. The maximum absolute atomic E-state index is 13.3. The molecule has 110 valence electrons. The number of rotatable bonds is 6. The fourth-order valence-electron chi connectivity index (χ4n) is 2.22. The Morgan fingerprint density at radius 3 is 3.00 bits per heavy atom. The van der Waals surface area contributed by atoms with Crippen LogP contribution in [0.15, 0.2) is 30.6 Å². The normalized spacial score (nSPS) is 14.3. The van der Waals surface area contributed by atoms with Gasteiger partial charge >= 0.3 is 0 Å². The summed E-state index contributed by atoms with van der Waals surface area (Å²) in [5, 5.41) is 14.4. The molecule has 0 amide bonds. The number of hydrogen-bond acceptors (Lipinski definition) is 4. The second-order valence-electron chi connectivity index (χ2n) is 5.16. The highest BCUT2D eigenvalue weighted by Crippen LogP contribution is 2.22. The molecule has 7 heteroatoms. The molecule has 1 aromatic carbocycles. The number of nitrogens with zero attached hydrogens (tertiary/aromatic N) is 3. The smallest absolute Gasteiger partial charge is 0.274 e. The van der Waals surface area contributed by atoms with Crippen LogP contribution in [0.2, 0.25) is 0 Å². The van der Waals surface area contributed by atoms with Crippen molar-refractivity contribution < 1.29 is 9.31 Å². The van der Waals surface area contributed by atoms with E-state index in [0.29, 0.717) is 18.2 Å². The summed E-state index contributed by atoms with van der Waals surface area (Å²) in [6.45, 7) is 0.844. The first kappa shape index (κ1) is 13.7. The van der Waals surface area contributed by atoms with Crippen molar-refractivity contribution in [3.63, 3.8) is 0 Å². The number of imidazole rings is 1. The summed E-state index contributed by atoms with van der Waals surface area (Å²) >= 11 is 0. The van der Waals surface area contributed by atoms with Crippen LogP contribution in [0.5, 0.6) is 0 Å². The van der Waals surface area contributed by atoms with Gasteiger partial charge in [-0.05, 0) is 25.0 Å². The Balaban J connectivity index is 1.81. The van der Waals surface area contributed by atoms with Crippen LogP contribution in [0, 0.1) is 15.9 Å². The lowest BCUT2D eigenvalue weighted by atomic mass is 10.1. The zero-order chi connectivity index (χ0) is 14.8.